The van der Waals surface area contributed by atoms with Crippen molar-refractivity contribution in [1.82, 2.24) is 4.57 Å². The standard InChI is InChI=1S/C29H57N2/c1-4-7-10-13-16-18-21-24-29-30(25-22-19-15-12-9-6-3)27-28-31(29)26-23-20-17-14-11-8-5-2/h27-28H,4-26H2,1-3H3/q+1. The quantitative estimate of drug-likeness (QED) is 0.120. The Labute approximate surface area is 196 Å². The van der Waals surface area contributed by atoms with Crippen molar-refractivity contribution in [2.75, 3.05) is 0 Å². The van der Waals surface area contributed by atoms with Gasteiger partial charge in [0.2, 0.25) is 0 Å². The van der Waals surface area contributed by atoms with Crippen molar-refractivity contribution in [3.05, 3.63) is 18.2 Å². The van der Waals surface area contributed by atoms with Crippen LogP contribution in [-0.2, 0) is 19.5 Å². The molecule has 31 heavy (non-hydrogen) atoms. The number of aromatic nitrogens is 2. The van der Waals surface area contributed by atoms with Crippen molar-refractivity contribution in [2.45, 2.75) is 169 Å². The molecule has 0 amide bonds. The predicted molar refractivity (Wildman–Crippen MR) is 138 cm³/mol. The van der Waals surface area contributed by atoms with Gasteiger partial charge in [-0.25, -0.2) is 9.13 Å². The van der Waals surface area contributed by atoms with Crippen LogP contribution in [0.25, 0.3) is 0 Å². The van der Waals surface area contributed by atoms with E-state index in [9.17, 15) is 0 Å². The molecule has 1 rings (SSSR count). The fourth-order valence-corrected chi connectivity index (χ4v) is 4.73. The van der Waals surface area contributed by atoms with Gasteiger partial charge in [0.25, 0.3) is 5.82 Å². The Balaban J connectivity index is 2.41. The maximum Gasteiger partial charge on any atom is 0.256 e. The molecule has 1 aromatic heterocycles. The van der Waals surface area contributed by atoms with Crippen molar-refractivity contribution < 1.29 is 4.57 Å². The first-order chi connectivity index (χ1) is 15.3. The van der Waals surface area contributed by atoms with Gasteiger partial charge in [-0.15, -0.1) is 0 Å². The Hall–Kier alpha value is -0.790. The van der Waals surface area contributed by atoms with Gasteiger partial charge in [-0.05, 0) is 32.1 Å². The summed E-state index contributed by atoms with van der Waals surface area (Å²) in [5, 5.41) is 0. The highest BCUT2D eigenvalue weighted by atomic mass is 15.1. The molecule has 1 aromatic rings. The normalized spacial score (nSPS) is 11.5. The maximum atomic E-state index is 2.60. The van der Waals surface area contributed by atoms with Crippen LogP contribution in [0.2, 0.25) is 0 Å². The summed E-state index contributed by atoms with van der Waals surface area (Å²) in [4.78, 5) is 0. The second-order valence-corrected chi connectivity index (χ2v) is 9.86. The zero-order valence-electron chi connectivity index (χ0n) is 21.8. The number of rotatable bonds is 23. The summed E-state index contributed by atoms with van der Waals surface area (Å²) in [7, 11) is 0. The molecule has 2 heteroatoms. The minimum atomic E-state index is 1.22. The molecule has 182 valence electrons. The van der Waals surface area contributed by atoms with E-state index in [1.54, 1.807) is 5.82 Å². The first-order valence-electron chi connectivity index (χ1n) is 14.4. The topological polar surface area (TPSA) is 8.81 Å². The van der Waals surface area contributed by atoms with E-state index in [2.05, 4.69) is 42.3 Å². The van der Waals surface area contributed by atoms with Crippen LogP contribution in [0, 0.1) is 0 Å². The third-order valence-corrected chi connectivity index (χ3v) is 6.85. The summed E-state index contributed by atoms with van der Waals surface area (Å²) >= 11 is 0. The van der Waals surface area contributed by atoms with Gasteiger partial charge in [0, 0.05) is 6.42 Å². The first kappa shape index (κ1) is 28.2. The van der Waals surface area contributed by atoms with E-state index in [-0.39, 0.29) is 0 Å². The van der Waals surface area contributed by atoms with Crippen LogP contribution in [0.1, 0.15) is 155 Å². The highest BCUT2D eigenvalue weighted by Gasteiger charge is 2.16. The molecule has 0 unspecified atom stereocenters. The van der Waals surface area contributed by atoms with Gasteiger partial charge in [0.15, 0.2) is 0 Å². The van der Waals surface area contributed by atoms with Crippen molar-refractivity contribution in [1.29, 1.82) is 0 Å². The summed E-state index contributed by atoms with van der Waals surface area (Å²) in [6.07, 6.45) is 34.0. The highest BCUT2D eigenvalue weighted by molar-refractivity contribution is 4.84. The van der Waals surface area contributed by atoms with Gasteiger partial charge in [-0.3, -0.25) is 0 Å². The van der Waals surface area contributed by atoms with Gasteiger partial charge in [0.1, 0.15) is 12.4 Å². The summed E-state index contributed by atoms with van der Waals surface area (Å²) in [5.74, 6) is 1.60. The molecule has 0 saturated carbocycles. The van der Waals surface area contributed by atoms with E-state index in [4.69, 9.17) is 0 Å². The lowest BCUT2D eigenvalue weighted by Gasteiger charge is -2.07. The van der Waals surface area contributed by atoms with Crippen molar-refractivity contribution in [3.8, 4) is 0 Å². The first-order valence-corrected chi connectivity index (χ1v) is 14.4. The zero-order valence-corrected chi connectivity index (χ0v) is 21.8. The number of unbranched alkanes of at least 4 members (excludes halogenated alkanes) is 17. The molecular formula is C29H57N2+. The SMILES string of the molecule is CCCCCCCCCc1n(CCCCCCCCC)cc[n+]1CCCCCCCC. The van der Waals surface area contributed by atoms with Crippen molar-refractivity contribution >= 4 is 0 Å². The summed E-state index contributed by atoms with van der Waals surface area (Å²) < 4.78 is 5.19. The van der Waals surface area contributed by atoms with Gasteiger partial charge in [-0.1, -0.05) is 117 Å². The fourth-order valence-electron chi connectivity index (χ4n) is 4.73. The van der Waals surface area contributed by atoms with Gasteiger partial charge < -0.3 is 0 Å². The minimum Gasteiger partial charge on any atom is -0.234 e. The maximum absolute atomic E-state index is 2.60. The van der Waals surface area contributed by atoms with Crippen molar-refractivity contribution in [3.63, 3.8) is 0 Å². The van der Waals surface area contributed by atoms with Crippen LogP contribution in [0.3, 0.4) is 0 Å². The molecule has 0 aliphatic carbocycles. The molecule has 0 atom stereocenters. The Morgan fingerprint density at radius 1 is 0.548 bits per heavy atom. The van der Waals surface area contributed by atoms with Crippen LogP contribution < -0.4 is 4.57 Å². The molecule has 0 N–H and O–H groups in total. The molecule has 0 spiro atoms. The van der Waals surface area contributed by atoms with Crippen LogP contribution in [-0.4, -0.2) is 4.57 Å². The monoisotopic (exact) mass is 433 g/mol. The summed E-state index contributed by atoms with van der Waals surface area (Å²) in [6, 6.07) is 0. The van der Waals surface area contributed by atoms with E-state index in [0.29, 0.717) is 0 Å². The van der Waals surface area contributed by atoms with Crippen LogP contribution in [0.15, 0.2) is 12.4 Å². The number of nitrogens with zero attached hydrogens (tertiary/aromatic N) is 2. The molecular weight excluding hydrogens is 376 g/mol. The molecule has 0 saturated heterocycles. The average molecular weight is 434 g/mol. The number of hydrogen-bond donors (Lipinski definition) is 0. The molecule has 0 bridgehead atoms. The molecule has 0 aliphatic rings. The molecule has 2 nitrogen and oxygen atoms in total. The van der Waals surface area contributed by atoms with Crippen LogP contribution >= 0.6 is 0 Å². The van der Waals surface area contributed by atoms with E-state index in [1.165, 1.54) is 148 Å². The van der Waals surface area contributed by atoms with Crippen LogP contribution in [0.5, 0.6) is 0 Å². The van der Waals surface area contributed by atoms with E-state index in [0.717, 1.165) is 0 Å². The highest BCUT2D eigenvalue weighted by Crippen LogP contribution is 2.12. The number of hydrogen-bond acceptors (Lipinski definition) is 0. The van der Waals surface area contributed by atoms with E-state index in [1.807, 2.05) is 0 Å². The summed E-state index contributed by atoms with van der Waals surface area (Å²) in [5.41, 5.74) is 0. The van der Waals surface area contributed by atoms with Crippen molar-refractivity contribution in [2.24, 2.45) is 0 Å². The molecule has 0 radical (unpaired) electrons. The minimum absolute atomic E-state index is 1.22. The fraction of sp³-hybridized carbons (Fsp3) is 0.897. The van der Waals surface area contributed by atoms with Gasteiger partial charge in [-0.2, -0.15) is 0 Å². The lowest BCUT2D eigenvalue weighted by molar-refractivity contribution is -0.704. The van der Waals surface area contributed by atoms with E-state index < -0.39 is 0 Å². The smallest absolute Gasteiger partial charge is 0.234 e. The molecule has 0 aliphatic heterocycles. The zero-order chi connectivity index (χ0) is 22.4. The number of imidazole rings is 1. The third-order valence-electron chi connectivity index (χ3n) is 6.85. The third kappa shape index (κ3) is 14.8. The van der Waals surface area contributed by atoms with Gasteiger partial charge >= 0.3 is 0 Å². The van der Waals surface area contributed by atoms with E-state index >= 15 is 0 Å². The largest absolute Gasteiger partial charge is 0.256 e. The Morgan fingerprint density at radius 2 is 1.00 bits per heavy atom. The molecule has 0 aromatic carbocycles. The second kappa shape index (κ2) is 21.1. The Bertz CT molecular complexity index is 491. The molecule has 1 heterocycles. The van der Waals surface area contributed by atoms with Crippen LogP contribution in [0.4, 0.5) is 0 Å². The lowest BCUT2D eigenvalue weighted by atomic mass is 10.1. The number of aryl methyl sites for hydroxylation is 2. The Morgan fingerprint density at radius 3 is 1.55 bits per heavy atom. The molecule has 0 fully saturated rings. The lowest BCUT2D eigenvalue weighted by Crippen LogP contribution is -2.37. The second-order valence-electron chi connectivity index (χ2n) is 9.86. The van der Waals surface area contributed by atoms with Gasteiger partial charge in [0.05, 0.1) is 13.1 Å². The summed E-state index contributed by atoms with van der Waals surface area (Å²) in [6.45, 7) is 9.37. The predicted octanol–water partition coefficient (Wildman–Crippen LogP) is 9.18. The Kier molecular flexibility index (Phi) is 19.2. The average Bonchev–Trinajstić information content (AvgIpc) is 3.16.